The van der Waals surface area contributed by atoms with Gasteiger partial charge in [0.25, 0.3) is 0 Å². The Morgan fingerprint density at radius 3 is 1.03 bits per heavy atom. The van der Waals surface area contributed by atoms with Crippen molar-refractivity contribution in [1.82, 2.24) is 0 Å². The lowest BCUT2D eigenvalue weighted by Crippen LogP contribution is -1.99. The maximum atomic E-state index is 2.45. The Morgan fingerprint density at radius 1 is 0.237 bits per heavy atom. The van der Waals surface area contributed by atoms with Crippen LogP contribution in [0.2, 0.25) is 0 Å². The third-order valence-electron chi connectivity index (χ3n) is 11.6. The quantitative estimate of drug-likeness (QED) is 0.107. The first kappa shape index (κ1) is 36.5. The summed E-state index contributed by atoms with van der Waals surface area (Å²) in [5.74, 6) is 0. The molecule has 0 aliphatic heterocycles. The largest absolute Gasteiger partial charge is 0.0817 e. The molecule has 10 aromatic carbocycles. The molecule has 0 heterocycles. The van der Waals surface area contributed by atoms with E-state index in [2.05, 4.69) is 238 Å². The zero-order valence-electron chi connectivity index (χ0n) is 33.3. The third kappa shape index (κ3) is 6.76. The van der Waals surface area contributed by atoms with Gasteiger partial charge in [0.15, 0.2) is 0 Å². The van der Waals surface area contributed by atoms with Crippen LogP contribution in [0.4, 0.5) is 0 Å². The van der Waals surface area contributed by atoms with Crippen LogP contribution in [0.25, 0.3) is 99.4 Å². The van der Waals surface area contributed by atoms with Gasteiger partial charge >= 0.3 is 0 Å². The van der Waals surface area contributed by atoms with E-state index in [0.29, 0.717) is 0 Å². The van der Waals surface area contributed by atoms with Gasteiger partial charge in [-0.05, 0) is 136 Å². The van der Waals surface area contributed by atoms with Gasteiger partial charge in [0.2, 0.25) is 0 Å². The second kappa shape index (κ2) is 15.8. The summed E-state index contributed by atoms with van der Waals surface area (Å²) >= 11 is 0. The lowest BCUT2D eigenvalue weighted by Gasteiger charge is -2.25. The number of hydrogen-bond acceptors (Lipinski definition) is 0. The van der Waals surface area contributed by atoms with Crippen LogP contribution in [0.15, 0.2) is 224 Å². The predicted molar refractivity (Wildman–Crippen MR) is 258 cm³/mol. The van der Waals surface area contributed by atoms with Crippen molar-refractivity contribution in [3.63, 3.8) is 0 Å². The molecule has 1 heteroatoms. The monoisotopic (exact) mass is 770 g/mol. The average molecular weight is 771 g/mol. The van der Waals surface area contributed by atoms with E-state index in [0.717, 1.165) is 0 Å². The molecule has 0 fully saturated rings. The number of benzene rings is 10. The van der Waals surface area contributed by atoms with Crippen molar-refractivity contribution in [2.24, 2.45) is 0 Å². The molecule has 59 heavy (non-hydrogen) atoms. The summed E-state index contributed by atoms with van der Waals surface area (Å²) in [6, 6.07) is 82.7. The number of hydrogen-bond donors (Lipinski definition) is 0. The molecule has 0 aliphatic carbocycles. The van der Waals surface area contributed by atoms with Crippen molar-refractivity contribution in [3.8, 4) is 77.9 Å². The topological polar surface area (TPSA) is 0 Å². The molecule has 0 nitrogen and oxygen atoms in total. The normalized spacial score (nSPS) is 11.4. The Morgan fingerprint density at radius 2 is 0.576 bits per heavy atom. The minimum absolute atomic E-state index is 0.227. The van der Waals surface area contributed by atoms with E-state index in [-0.39, 0.29) is 7.92 Å². The summed E-state index contributed by atoms with van der Waals surface area (Å²) in [7, 11) is -0.227. The van der Waals surface area contributed by atoms with Crippen LogP contribution in [-0.4, -0.2) is 13.3 Å². The summed E-state index contributed by atoms with van der Waals surface area (Å²) in [5, 5.41) is 6.48. The van der Waals surface area contributed by atoms with Crippen LogP contribution in [0.5, 0.6) is 0 Å². The van der Waals surface area contributed by atoms with Gasteiger partial charge in [-0.2, -0.15) is 0 Å². The zero-order valence-corrected chi connectivity index (χ0v) is 34.2. The van der Waals surface area contributed by atoms with E-state index in [1.807, 2.05) is 0 Å². The molecule has 0 saturated carbocycles. The summed E-state index contributed by atoms with van der Waals surface area (Å²) in [6.07, 6.45) is 0. The molecule has 10 rings (SSSR count). The molecule has 0 unspecified atom stereocenters. The van der Waals surface area contributed by atoms with Crippen LogP contribution in [-0.2, 0) is 0 Å². The van der Waals surface area contributed by atoms with Crippen LogP contribution in [0.1, 0.15) is 0 Å². The first-order valence-electron chi connectivity index (χ1n) is 20.4. The van der Waals surface area contributed by atoms with Gasteiger partial charge in [-0.3, -0.25) is 0 Å². The van der Waals surface area contributed by atoms with E-state index in [4.69, 9.17) is 0 Å². The molecule has 0 atom stereocenters. The molecule has 0 radical (unpaired) electrons. The third-order valence-corrected chi connectivity index (χ3v) is 13.0. The molecule has 0 amide bonds. The zero-order chi connectivity index (χ0) is 39.7. The highest BCUT2D eigenvalue weighted by atomic mass is 31.1. The highest BCUT2D eigenvalue weighted by molar-refractivity contribution is 7.64. The molecule has 0 N–H and O–H groups in total. The maximum Gasteiger partial charge on any atom is -0.00143 e. The van der Waals surface area contributed by atoms with Crippen molar-refractivity contribution in [1.29, 1.82) is 0 Å². The summed E-state index contributed by atoms with van der Waals surface area (Å²) in [6.45, 7) is 4.68. The standard InChI is InChI=1S/C58H43P/c1-59(2)47-32-20-31-46(38-47)55-50-35-17-15-33-48(50)54(49-34-16-18-36-51(49)55)45-30-19-29-44(37-45)53-39-52(40-21-7-3-8-22-40)56(41-23-9-4-10-24-41)58(43-27-13-6-14-28-43)57(53)42-25-11-5-12-26-42/h3-39H,1-2H3. The fourth-order valence-corrected chi connectivity index (χ4v) is 9.77. The van der Waals surface area contributed by atoms with Gasteiger partial charge in [0, 0.05) is 0 Å². The minimum atomic E-state index is -0.227. The fourth-order valence-electron chi connectivity index (χ4n) is 8.99. The average Bonchev–Trinajstić information content (AvgIpc) is 3.31. The van der Waals surface area contributed by atoms with Gasteiger partial charge in [-0.25, -0.2) is 0 Å². The summed E-state index contributed by atoms with van der Waals surface area (Å²) < 4.78 is 0. The molecule has 280 valence electrons. The summed E-state index contributed by atoms with van der Waals surface area (Å²) in [5.41, 5.74) is 17.1. The first-order chi connectivity index (χ1) is 29.1. The highest BCUT2D eigenvalue weighted by Crippen LogP contribution is 2.51. The number of fused-ring (bicyclic) bond motifs is 2. The van der Waals surface area contributed by atoms with E-state index >= 15 is 0 Å². The van der Waals surface area contributed by atoms with Gasteiger partial charge in [0.1, 0.15) is 0 Å². The van der Waals surface area contributed by atoms with E-state index in [1.54, 1.807) is 0 Å². The minimum Gasteiger partial charge on any atom is -0.0817 e. The van der Waals surface area contributed by atoms with Gasteiger partial charge in [0.05, 0.1) is 0 Å². The second-order valence-corrected chi connectivity index (χ2v) is 17.7. The first-order valence-corrected chi connectivity index (χ1v) is 22.6. The van der Waals surface area contributed by atoms with Crippen molar-refractivity contribution in [3.05, 3.63) is 224 Å². The van der Waals surface area contributed by atoms with E-state index in [1.165, 1.54) is 105 Å². The molecule has 10 aromatic rings. The van der Waals surface area contributed by atoms with Crippen LogP contribution >= 0.6 is 7.92 Å². The SMILES string of the molecule is CP(C)c1cccc(-c2c3ccccc3c(-c3cccc(-c4cc(-c5ccccc5)c(-c5ccccc5)c(-c5ccccc5)c4-c4ccccc4)c3)c3ccccc23)c1. The van der Waals surface area contributed by atoms with Crippen molar-refractivity contribution >= 4 is 34.8 Å². The molecule has 0 bridgehead atoms. The van der Waals surface area contributed by atoms with Gasteiger partial charge in [-0.1, -0.05) is 214 Å². The lowest BCUT2D eigenvalue weighted by atomic mass is 9.78. The molecule has 0 saturated heterocycles. The molecular weight excluding hydrogens is 728 g/mol. The molecule has 0 aliphatic rings. The highest BCUT2D eigenvalue weighted by Gasteiger charge is 2.24. The van der Waals surface area contributed by atoms with Crippen molar-refractivity contribution in [2.75, 3.05) is 13.3 Å². The van der Waals surface area contributed by atoms with E-state index < -0.39 is 0 Å². The van der Waals surface area contributed by atoms with Crippen LogP contribution in [0.3, 0.4) is 0 Å². The van der Waals surface area contributed by atoms with Crippen molar-refractivity contribution in [2.45, 2.75) is 0 Å². The van der Waals surface area contributed by atoms with Gasteiger partial charge < -0.3 is 0 Å². The second-order valence-electron chi connectivity index (χ2n) is 15.4. The molecule has 0 aromatic heterocycles. The smallest absolute Gasteiger partial charge is 0.00143 e. The fraction of sp³-hybridized carbons (Fsp3) is 0.0345. The predicted octanol–water partition coefficient (Wildman–Crippen LogP) is 16.0. The Kier molecular flexibility index (Phi) is 9.79. The summed E-state index contributed by atoms with van der Waals surface area (Å²) in [4.78, 5) is 0. The number of rotatable bonds is 8. The Labute approximate surface area is 348 Å². The molecule has 0 spiro atoms. The van der Waals surface area contributed by atoms with Crippen LogP contribution < -0.4 is 5.30 Å². The Balaban J connectivity index is 1.30. The molecular formula is C58H43P. The Hall–Kier alpha value is -6.85. The van der Waals surface area contributed by atoms with Gasteiger partial charge in [-0.15, -0.1) is 0 Å². The van der Waals surface area contributed by atoms with E-state index in [9.17, 15) is 0 Å². The van der Waals surface area contributed by atoms with Crippen molar-refractivity contribution < 1.29 is 0 Å². The lowest BCUT2D eigenvalue weighted by molar-refractivity contribution is 1.53. The maximum absolute atomic E-state index is 2.45. The Bertz CT molecular complexity index is 3040. The van der Waals surface area contributed by atoms with Crippen LogP contribution in [0, 0.1) is 0 Å².